The first-order valence-electron chi connectivity index (χ1n) is 15.9. The van der Waals surface area contributed by atoms with E-state index in [1.54, 1.807) is 30.3 Å². The second kappa shape index (κ2) is 15.7. The SMILES string of the molecule is CC[C@H](C)NC(=O)[C@H](Cc1ccccc1)N(Cc1ccc(C)cc1)C(=O)CN(c1ccc(C(C)C)cc1)S(=O)(=O)c1ccccc1. The second-order valence-electron chi connectivity index (χ2n) is 12.1. The number of carbonyl (C=O) groups is 2. The number of carbonyl (C=O) groups excluding carboxylic acids is 2. The van der Waals surface area contributed by atoms with Crippen LogP contribution < -0.4 is 9.62 Å². The number of benzene rings is 4. The number of nitrogens with one attached hydrogen (secondary N) is 1. The molecule has 0 aromatic heterocycles. The van der Waals surface area contributed by atoms with Crippen molar-refractivity contribution in [2.24, 2.45) is 0 Å². The molecule has 0 aliphatic heterocycles. The van der Waals surface area contributed by atoms with Crippen molar-refractivity contribution >= 4 is 27.5 Å². The number of sulfonamides is 1. The molecule has 1 N–H and O–H groups in total. The van der Waals surface area contributed by atoms with Gasteiger partial charge in [0.25, 0.3) is 10.0 Å². The van der Waals surface area contributed by atoms with Crippen molar-refractivity contribution < 1.29 is 18.0 Å². The predicted molar refractivity (Wildman–Crippen MR) is 185 cm³/mol. The summed E-state index contributed by atoms with van der Waals surface area (Å²) in [6.07, 6.45) is 1.00. The predicted octanol–water partition coefficient (Wildman–Crippen LogP) is 6.87. The van der Waals surface area contributed by atoms with Crippen LogP contribution in [0.5, 0.6) is 0 Å². The Morgan fingerprint density at radius 2 is 1.35 bits per heavy atom. The summed E-state index contributed by atoms with van der Waals surface area (Å²) in [5.41, 5.74) is 4.24. The Morgan fingerprint density at radius 3 is 1.91 bits per heavy atom. The minimum atomic E-state index is -4.14. The summed E-state index contributed by atoms with van der Waals surface area (Å²) >= 11 is 0. The normalized spacial score (nSPS) is 12.7. The molecule has 2 amide bonds. The van der Waals surface area contributed by atoms with Crippen molar-refractivity contribution in [2.75, 3.05) is 10.8 Å². The Balaban J connectivity index is 1.80. The molecule has 0 saturated heterocycles. The molecule has 0 heterocycles. The number of nitrogens with zero attached hydrogens (tertiary/aromatic N) is 2. The lowest BCUT2D eigenvalue weighted by atomic mass is 10.0. The fraction of sp³-hybridized carbons (Fsp3) is 0.316. The van der Waals surface area contributed by atoms with E-state index in [1.165, 1.54) is 17.0 Å². The molecule has 0 fully saturated rings. The molecule has 46 heavy (non-hydrogen) atoms. The molecule has 0 aliphatic rings. The molecule has 8 heteroatoms. The lowest BCUT2D eigenvalue weighted by molar-refractivity contribution is -0.140. The fourth-order valence-electron chi connectivity index (χ4n) is 5.16. The molecule has 4 aromatic carbocycles. The zero-order valence-electron chi connectivity index (χ0n) is 27.4. The molecule has 0 aliphatic carbocycles. The molecule has 0 saturated carbocycles. The molecular formula is C38H45N3O4S. The summed E-state index contributed by atoms with van der Waals surface area (Å²) in [5, 5.41) is 3.07. The number of hydrogen-bond donors (Lipinski definition) is 1. The summed E-state index contributed by atoms with van der Waals surface area (Å²) in [6.45, 7) is 9.69. The van der Waals surface area contributed by atoms with Crippen molar-refractivity contribution in [2.45, 2.75) is 76.9 Å². The molecule has 242 valence electrons. The van der Waals surface area contributed by atoms with Crippen LogP contribution in [0.3, 0.4) is 0 Å². The minimum absolute atomic E-state index is 0.0798. The van der Waals surface area contributed by atoms with Gasteiger partial charge >= 0.3 is 0 Å². The Morgan fingerprint density at radius 1 is 0.761 bits per heavy atom. The molecule has 0 unspecified atom stereocenters. The lowest BCUT2D eigenvalue weighted by Gasteiger charge is -2.34. The van der Waals surface area contributed by atoms with Crippen LogP contribution in [0.4, 0.5) is 5.69 Å². The van der Waals surface area contributed by atoms with Gasteiger partial charge < -0.3 is 10.2 Å². The van der Waals surface area contributed by atoms with Crippen LogP contribution in [0.25, 0.3) is 0 Å². The van der Waals surface area contributed by atoms with Gasteiger partial charge in [0, 0.05) is 19.0 Å². The van der Waals surface area contributed by atoms with E-state index >= 15 is 0 Å². The van der Waals surface area contributed by atoms with Crippen LogP contribution in [-0.4, -0.2) is 43.8 Å². The lowest BCUT2D eigenvalue weighted by Crippen LogP contribution is -2.54. The number of amides is 2. The Hall–Kier alpha value is -4.43. The summed E-state index contributed by atoms with van der Waals surface area (Å²) in [7, 11) is -4.14. The number of rotatable bonds is 14. The van der Waals surface area contributed by atoms with Crippen molar-refractivity contribution in [1.29, 1.82) is 0 Å². The molecular weight excluding hydrogens is 595 g/mol. The Labute approximate surface area is 274 Å². The molecule has 7 nitrogen and oxygen atoms in total. The van der Waals surface area contributed by atoms with Crippen molar-refractivity contribution in [3.05, 3.63) is 131 Å². The molecule has 4 rings (SSSR count). The van der Waals surface area contributed by atoms with E-state index in [2.05, 4.69) is 19.2 Å². The van der Waals surface area contributed by atoms with Crippen LogP contribution in [0, 0.1) is 6.92 Å². The number of hydrogen-bond acceptors (Lipinski definition) is 4. The Kier molecular flexibility index (Phi) is 11.8. The summed E-state index contributed by atoms with van der Waals surface area (Å²) in [4.78, 5) is 30.1. The van der Waals surface area contributed by atoms with Gasteiger partial charge in [0.05, 0.1) is 10.6 Å². The average Bonchev–Trinajstić information content (AvgIpc) is 3.06. The van der Waals surface area contributed by atoms with E-state index < -0.39 is 28.5 Å². The van der Waals surface area contributed by atoms with Crippen LogP contribution in [0.15, 0.2) is 114 Å². The molecule has 0 spiro atoms. The zero-order chi connectivity index (χ0) is 33.3. The van der Waals surface area contributed by atoms with Gasteiger partial charge in [-0.15, -0.1) is 0 Å². The van der Waals surface area contributed by atoms with Gasteiger partial charge in [-0.05, 0) is 67.1 Å². The monoisotopic (exact) mass is 639 g/mol. The van der Waals surface area contributed by atoms with E-state index in [0.29, 0.717) is 5.69 Å². The molecule has 2 atom stereocenters. The van der Waals surface area contributed by atoms with Gasteiger partial charge in [-0.1, -0.05) is 111 Å². The first-order valence-corrected chi connectivity index (χ1v) is 17.3. The summed E-state index contributed by atoms with van der Waals surface area (Å²) in [5.74, 6) is -0.506. The van der Waals surface area contributed by atoms with Crippen LogP contribution >= 0.6 is 0 Å². The maximum absolute atomic E-state index is 14.6. The van der Waals surface area contributed by atoms with Gasteiger partial charge in [-0.25, -0.2) is 8.42 Å². The van der Waals surface area contributed by atoms with Gasteiger partial charge in [-0.3, -0.25) is 13.9 Å². The average molecular weight is 640 g/mol. The first-order chi connectivity index (χ1) is 22.0. The third-order valence-corrected chi connectivity index (χ3v) is 9.99. The quantitative estimate of drug-likeness (QED) is 0.163. The largest absolute Gasteiger partial charge is 0.352 e. The van der Waals surface area contributed by atoms with Crippen LogP contribution in [0.1, 0.15) is 62.3 Å². The Bertz CT molecular complexity index is 1670. The van der Waals surface area contributed by atoms with E-state index in [4.69, 9.17) is 0 Å². The summed E-state index contributed by atoms with van der Waals surface area (Å²) < 4.78 is 29.5. The van der Waals surface area contributed by atoms with Gasteiger partial charge in [0.1, 0.15) is 12.6 Å². The third-order valence-electron chi connectivity index (χ3n) is 8.20. The third kappa shape index (κ3) is 8.85. The topological polar surface area (TPSA) is 86.8 Å². The van der Waals surface area contributed by atoms with E-state index in [9.17, 15) is 18.0 Å². The van der Waals surface area contributed by atoms with E-state index in [-0.39, 0.29) is 35.7 Å². The van der Waals surface area contributed by atoms with E-state index in [0.717, 1.165) is 33.0 Å². The highest BCUT2D eigenvalue weighted by molar-refractivity contribution is 7.92. The molecule has 4 aromatic rings. The first kappa shape index (κ1) is 34.4. The van der Waals surface area contributed by atoms with Crippen LogP contribution in [0.2, 0.25) is 0 Å². The maximum Gasteiger partial charge on any atom is 0.264 e. The molecule has 0 bridgehead atoms. The fourth-order valence-corrected chi connectivity index (χ4v) is 6.59. The van der Waals surface area contributed by atoms with Gasteiger partial charge in [0.2, 0.25) is 11.8 Å². The zero-order valence-corrected chi connectivity index (χ0v) is 28.2. The number of anilines is 1. The van der Waals surface area contributed by atoms with Gasteiger partial charge in [-0.2, -0.15) is 0 Å². The molecule has 0 radical (unpaired) electrons. The maximum atomic E-state index is 14.6. The smallest absolute Gasteiger partial charge is 0.264 e. The van der Waals surface area contributed by atoms with Crippen molar-refractivity contribution in [1.82, 2.24) is 10.2 Å². The highest BCUT2D eigenvalue weighted by atomic mass is 32.2. The second-order valence-corrected chi connectivity index (χ2v) is 14.0. The van der Waals surface area contributed by atoms with Crippen molar-refractivity contribution in [3.63, 3.8) is 0 Å². The highest BCUT2D eigenvalue weighted by Gasteiger charge is 2.35. The summed E-state index contributed by atoms with van der Waals surface area (Å²) in [6, 6.07) is 31.8. The van der Waals surface area contributed by atoms with Crippen molar-refractivity contribution in [3.8, 4) is 0 Å². The van der Waals surface area contributed by atoms with Crippen LogP contribution in [-0.2, 0) is 32.6 Å². The minimum Gasteiger partial charge on any atom is -0.352 e. The number of aryl methyl sites for hydroxylation is 1. The highest BCUT2D eigenvalue weighted by Crippen LogP contribution is 2.27. The standard InChI is InChI=1S/C38H45N3O4S/c1-6-30(5)39-38(43)36(25-31-13-9-7-10-14-31)40(26-32-19-17-29(4)18-20-32)37(42)27-41(34-23-21-33(22-24-34)28(2)3)46(44,45)35-15-11-8-12-16-35/h7-24,28,30,36H,6,25-27H2,1-5H3,(H,39,43)/t30-,36-/m0/s1. The van der Waals surface area contributed by atoms with E-state index in [1.807, 2.05) is 87.5 Å². The van der Waals surface area contributed by atoms with Gasteiger partial charge in [0.15, 0.2) is 0 Å².